The van der Waals surface area contributed by atoms with Gasteiger partial charge in [0.15, 0.2) is 0 Å². The van der Waals surface area contributed by atoms with Gasteiger partial charge in [0.25, 0.3) is 0 Å². The summed E-state index contributed by atoms with van der Waals surface area (Å²) in [5, 5.41) is 0. The van der Waals surface area contributed by atoms with E-state index in [1.807, 2.05) is 0 Å². The molecule has 2 nitrogen and oxygen atoms in total. The molecule has 2 heteroatoms. The van der Waals surface area contributed by atoms with Gasteiger partial charge in [-0.1, -0.05) is 6.92 Å². The van der Waals surface area contributed by atoms with Crippen LogP contribution in [0.4, 0.5) is 0 Å². The highest BCUT2D eigenvalue weighted by Crippen LogP contribution is 2.30. The molecular formula is C9H19NO. The van der Waals surface area contributed by atoms with Gasteiger partial charge >= 0.3 is 0 Å². The maximum absolute atomic E-state index is 5.73. The Morgan fingerprint density at radius 2 is 2.18 bits per heavy atom. The summed E-state index contributed by atoms with van der Waals surface area (Å²) in [4.78, 5) is 0. The van der Waals surface area contributed by atoms with Gasteiger partial charge in [0.05, 0.1) is 12.2 Å². The summed E-state index contributed by atoms with van der Waals surface area (Å²) in [6, 6.07) is 0. The number of rotatable bonds is 5. The molecule has 0 saturated heterocycles. The molecule has 1 atom stereocenters. The van der Waals surface area contributed by atoms with Crippen molar-refractivity contribution in [2.24, 2.45) is 11.7 Å². The summed E-state index contributed by atoms with van der Waals surface area (Å²) in [7, 11) is 0. The Bertz CT molecular complexity index is 117. The van der Waals surface area contributed by atoms with E-state index in [1.165, 1.54) is 12.8 Å². The first-order chi connectivity index (χ1) is 5.20. The van der Waals surface area contributed by atoms with Crippen LogP contribution in [0.2, 0.25) is 0 Å². The Labute approximate surface area is 69.1 Å². The fourth-order valence-corrected chi connectivity index (χ4v) is 0.909. The predicted octanol–water partition coefficient (Wildman–Crippen LogP) is 1.54. The van der Waals surface area contributed by atoms with Crippen molar-refractivity contribution < 1.29 is 4.74 Å². The van der Waals surface area contributed by atoms with Crippen molar-refractivity contribution >= 4 is 0 Å². The lowest BCUT2D eigenvalue weighted by Gasteiger charge is -2.26. The van der Waals surface area contributed by atoms with Crippen molar-refractivity contribution in [3.05, 3.63) is 0 Å². The molecule has 11 heavy (non-hydrogen) atoms. The van der Waals surface area contributed by atoms with E-state index in [-0.39, 0.29) is 5.60 Å². The van der Waals surface area contributed by atoms with Crippen LogP contribution in [0.5, 0.6) is 0 Å². The van der Waals surface area contributed by atoms with Crippen LogP contribution >= 0.6 is 0 Å². The highest BCUT2D eigenvalue weighted by Gasteiger charge is 2.27. The van der Waals surface area contributed by atoms with E-state index in [0.29, 0.717) is 6.54 Å². The van der Waals surface area contributed by atoms with E-state index in [4.69, 9.17) is 10.5 Å². The quantitative estimate of drug-likeness (QED) is 0.657. The lowest BCUT2D eigenvalue weighted by Crippen LogP contribution is -2.37. The van der Waals surface area contributed by atoms with E-state index >= 15 is 0 Å². The predicted molar refractivity (Wildman–Crippen MR) is 46.4 cm³/mol. The summed E-state index contributed by atoms with van der Waals surface area (Å²) >= 11 is 0. The van der Waals surface area contributed by atoms with Gasteiger partial charge in [0.1, 0.15) is 0 Å². The zero-order valence-corrected chi connectivity index (χ0v) is 7.60. The standard InChI is InChI=1S/C9H19NO/c1-3-9(2,7-10)11-6-8-4-5-8/h8H,3-7,10H2,1-2H3. The third-order valence-electron chi connectivity index (χ3n) is 2.54. The van der Waals surface area contributed by atoms with Crippen molar-refractivity contribution in [3.8, 4) is 0 Å². The molecule has 1 unspecified atom stereocenters. The molecule has 0 aromatic heterocycles. The summed E-state index contributed by atoms with van der Waals surface area (Å²) < 4.78 is 5.73. The summed E-state index contributed by atoms with van der Waals surface area (Å²) in [6.45, 7) is 5.77. The van der Waals surface area contributed by atoms with Gasteiger partial charge in [-0.2, -0.15) is 0 Å². The molecular weight excluding hydrogens is 138 g/mol. The van der Waals surface area contributed by atoms with E-state index in [0.717, 1.165) is 18.9 Å². The maximum atomic E-state index is 5.73. The number of nitrogens with two attached hydrogens (primary N) is 1. The summed E-state index contributed by atoms with van der Waals surface area (Å²) in [6.07, 6.45) is 3.71. The molecule has 66 valence electrons. The molecule has 1 aliphatic carbocycles. The SMILES string of the molecule is CCC(C)(CN)OCC1CC1. The average molecular weight is 157 g/mol. The largest absolute Gasteiger partial charge is 0.374 e. The zero-order chi connectivity index (χ0) is 8.32. The normalized spacial score (nSPS) is 23.2. The number of ether oxygens (including phenoxy) is 1. The van der Waals surface area contributed by atoms with Crippen LogP contribution in [0.3, 0.4) is 0 Å². The second-order valence-electron chi connectivity index (χ2n) is 3.76. The van der Waals surface area contributed by atoms with E-state index < -0.39 is 0 Å². The van der Waals surface area contributed by atoms with Crippen LogP contribution in [0.1, 0.15) is 33.1 Å². The topological polar surface area (TPSA) is 35.2 Å². The van der Waals surface area contributed by atoms with Crippen LogP contribution in [-0.2, 0) is 4.74 Å². The van der Waals surface area contributed by atoms with Gasteiger partial charge in [0.2, 0.25) is 0 Å². The fourth-order valence-electron chi connectivity index (χ4n) is 0.909. The van der Waals surface area contributed by atoms with Gasteiger partial charge in [-0.3, -0.25) is 0 Å². The first kappa shape index (κ1) is 9.01. The number of hydrogen-bond donors (Lipinski definition) is 1. The average Bonchev–Trinajstić information content (AvgIpc) is 2.83. The molecule has 0 heterocycles. The molecule has 1 fully saturated rings. The highest BCUT2D eigenvalue weighted by atomic mass is 16.5. The second-order valence-corrected chi connectivity index (χ2v) is 3.76. The Balaban J connectivity index is 2.18. The molecule has 0 spiro atoms. The molecule has 0 aromatic carbocycles. The molecule has 2 N–H and O–H groups in total. The third kappa shape index (κ3) is 2.80. The lowest BCUT2D eigenvalue weighted by atomic mass is 10.0. The minimum Gasteiger partial charge on any atom is -0.374 e. The maximum Gasteiger partial charge on any atom is 0.0773 e. The Morgan fingerprint density at radius 3 is 2.55 bits per heavy atom. The molecule has 0 radical (unpaired) electrons. The second kappa shape index (κ2) is 3.55. The Morgan fingerprint density at radius 1 is 1.55 bits per heavy atom. The smallest absolute Gasteiger partial charge is 0.0773 e. The molecule has 0 aliphatic heterocycles. The van der Waals surface area contributed by atoms with Crippen molar-refractivity contribution in [3.63, 3.8) is 0 Å². The van der Waals surface area contributed by atoms with Crippen LogP contribution in [0, 0.1) is 5.92 Å². The van der Waals surface area contributed by atoms with Gasteiger partial charge in [-0.15, -0.1) is 0 Å². The van der Waals surface area contributed by atoms with Crippen molar-refractivity contribution in [2.45, 2.75) is 38.7 Å². The van der Waals surface area contributed by atoms with Crippen LogP contribution in [-0.4, -0.2) is 18.8 Å². The van der Waals surface area contributed by atoms with Crippen molar-refractivity contribution in [1.82, 2.24) is 0 Å². The van der Waals surface area contributed by atoms with E-state index in [9.17, 15) is 0 Å². The lowest BCUT2D eigenvalue weighted by molar-refractivity contribution is -0.0326. The van der Waals surface area contributed by atoms with Crippen LogP contribution in [0.15, 0.2) is 0 Å². The monoisotopic (exact) mass is 157 g/mol. The first-order valence-corrected chi connectivity index (χ1v) is 4.54. The summed E-state index contributed by atoms with van der Waals surface area (Å²) in [5.41, 5.74) is 5.53. The molecule has 0 amide bonds. The molecule has 1 aliphatic rings. The van der Waals surface area contributed by atoms with Gasteiger partial charge in [-0.25, -0.2) is 0 Å². The molecule has 1 rings (SSSR count). The highest BCUT2D eigenvalue weighted by molar-refractivity contribution is 4.78. The van der Waals surface area contributed by atoms with E-state index in [1.54, 1.807) is 0 Å². The van der Waals surface area contributed by atoms with Gasteiger partial charge in [0, 0.05) is 6.54 Å². The Hall–Kier alpha value is -0.0800. The van der Waals surface area contributed by atoms with Crippen molar-refractivity contribution in [2.75, 3.05) is 13.2 Å². The van der Waals surface area contributed by atoms with Crippen molar-refractivity contribution in [1.29, 1.82) is 0 Å². The summed E-state index contributed by atoms with van der Waals surface area (Å²) in [5.74, 6) is 0.840. The number of hydrogen-bond acceptors (Lipinski definition) is 2. The third-order valence-corrected chi connectivity index (χ3v) is 2.54. The minimum atomic E-state index is -0.0669. The molecule has 0 bridgehead atoms. The van der Waals surface area contributed by atoms with Crippen LogP contribution in [0.25, 0.3) is 0 Å². The van der Waals surface area contributed by atoms with Gasteiger partial charge in [-0.05, 0) is 32.1 Å². The Kier molecular flexibility index (Phi) is 2.90. The zero-order valence-electron chi connectivity index (χ0n) is 7.60. The first-order valence-electron chi connectivity index (χ1n) is 4.54. The van der Waals surface area contributed by atoms with Crippen LogP contribution < -0.4 is 5.73 Å². The fraction of sp³-hybridized carbons (Fsp3) is 1.00. The van der Waals surface area contributed by atoms with E-state index in [2.05, 4.69) is 13.8 Å². The molecule has 1 saturated carbocycles. The van der Waals surface area contributed by atoms with Gasteiger partial charge < -0.3 is 10.5 Å². The minimum absolute atomic E-state index is 0.0669. The molecule has 0 aromatic rings.